The first-order chi connectivity index (χ1) is 10.7. The van der Waals surface area contributed by atoms with E-state index in [1.165, 1.54) is 4.88 Å². The van der Waals surface area contributed by atoms with Gasteiger partial charge in [0.25, 0.3) is 0 Å². The lowest BCUT2D eigenvalue weighted by Crippen LogP contribution is -2.07. The second-order valence-corrected chi connectivity index (χ2v) is 6.46. The molecule has 110 valence electrons. The minimum Gasteiger partial charge on any atom is -0.362 e. The van der Waals surface area contributed by atoms with Gasteiger partial charge in [0.1, 0.15) is 22.8 Å². The van der Waals surface area contributed by atoms with Crippen molar-refractivity contribution < 1.29 is 0 Å². The van der Waals surface area contributed by atoms with E-state index in [1.807, 2.05) is 25.2 Å². The molecule has 0 aliphatic carbocycles. The Morgan fingerprint density at radius 1 is 1.23 bits per heavy atom. The molecule has 3 heterocycles. The fourth-order valence-corrected chi connectivity index (χ4v) is 3.48. The van der Waals surface area contributed by atoms with E-state index in [9.17, 15) is 0 Å². The summed E-state index contributed by atoms with van der Waals surface area (Å²) in [5, 5.41) is 4.46. The quantitative estimate of drug-likeness (QED) is 0.629. The molecule has 1 N–H and O–H groups in total. The van der Waals surface area contributed by atoms with E-state index >= 15 is 0 Å². The summed E-state index contributed by atoms with van der Waals surface area (Å²) in [6.07, 6.45) is 1.61. The molecular formula is C16H15N5S. The van der Waals surface area contributed by atoms with Crippen LogP contribution in [-0.4, -0.2) is 19.5 Å². The van der Waals surface area contributed by atoms with Crippen molar-refractivity contribution in [1.82, 2.24) is 19.5 Å². The number of benzene rings is 1. The van der Waals surface area contributed by atoms with Gasteiger partial charge in [0.2, 0.25) is 0 Å². The SMILES string of the molecule is Cc1cc2c(NCc3nc4ccccc4n3C)ncnc2s1. The van der Waals surface area contributed by atoms with Gasteiger partial charge >= 0.3 is 0 Å². The molecule has 3 aromatic heterocycles. The summed E-state index contributed by atoms with van der Waals surface area (Å²) in [7, 11) is 2.04. The van der Waals surface area contributed by atoms with E-state index in [1.54, 1.807) is 17.7 Å². The molecule has 0 radical (unpaired) electrons. The van der Waals surface area contributed by atoms with Gasteiger partial charge in [-0.15, -0.1) is 11.3 Å². The molecule has 0 unspecified atom stereocenters. The van der Waals surface area contributed by atoms with Gasteiger partial charge in [-0.05, 0) is 25.1 Å². The Bertz CT molecular complexity index is 969. The smallest absolute Gasteiger partial charge is 0.138 e. The molecule has 4 rings (SSSR count). The third-order valence-electron chi connectivity index (χ3n) is 3.75. The molecule has 0 bridgehead atoms. The predicted octanol–water partition coefficient (Wildman–Crippen LogP) is 3.50. The van der Waals surface area contributed by atoms with Crippen LogP contribution >= 0.6 is 11.3 Å². The fraction of sp³-hybridized carbons (Fsp3) is 0.188. The van der Waals surface area contributed by atoms with E-state index in [-0.39, 0.29) is 0 Å². The zero-order valence-corrected chi connectivity index (χ0v) is 13.2. The molecule has 6 heteroatoms. The molecule has 0 saturated heterocycles. The van der Waals surface area contributed by atoms with Crippen LogP contribution in [0, 0.1) is 6.92 Å². The van der Waals surface area contributed by atoms with Crippen LogP contribution in [0.1, 0.15) is 10.7 Å². The van der Waals surface area contributed by atoms with Gasteiger partial charge in [-0.25, -0.2) is 15.0 Å². The van der Waals surface area contributed by atoms with Crippen molar-refractivity contribution in [3.05, 3.63) is 47.4 Å². The van der Waals surface area contributed by atoms with Gasteiger partial charge in [-0.1, -0.05) is 12.1 Å². The highest BCUT2D eigenvalue weighted by molar-refractivity contribution is 7.18. The van der Waals surface area contributed by atoms with Crippen molar-refractivity contribution in [2.24, 2.45) is 7.05 Å². The summed E-state index contributed by atoms with van der Waals surface area (Å²) in [6.45, 7) is 2.72. The zero-order valence-electron chi connectivity index (χ0n) is 12.4. The summed E-state index contributed by atoms with van der Waals surface area (Å²) in [5.74, 6) is 1.85. The standard InChI is InChI=1S/C16H15N5S/c1-10-7-11-15(18-9-19-16(11)22-10)17-8-14-20-12-5-3-4-6-13(12)21(14)2/h3-7,9H,8H2,1-2H3,(H,17,18,19). The predicted molar refractivity (Wildman–Crippen MR) is 90.2 cm³/mol. The Hall–Kier alpha value is -2.47. The van der Waals surface area contributed by atoms with Crippen molar-refractivity contribution in [3.63, 3.8) is 0 Å². The normalized spacial score (nSPS) is 11.4. The van der Waals surface area contributed by atoms with Crippen LogP contribution in [0.25, 0.3) is 21.3 Å². The Morgan fingerprint density at radius 2 is 2.09 bits per heavy atom. The second-order valence-electron chi connectivity index (χ2n) is 5.23. The molecule has 1 aromatic carbocycles. The number of imidazole rings is 1. The number of hydrogen-bond acceptors (Lipinski definition) is 5. The topological polar surface area (TPSA) is 55.6 Å². The van der Waals surface area contributed by atoms with Crippen LogP contribution < -0.4 is 5.32 Å². The van der Waals surface area contributed by atoms with Crippen LogP contribution in [0.2, 0.25) is 0 Å². The fourth-order valence-electron chi connectivity index (χ4n) is 2.63. The first kappa shape index (κ1) is 13.2. The highest BCUT2D eigenvalue weighted by atomic mass is 32.1. The average molecular weight is 309 g/mol. The van der Waals surface area contributed by atoms with Crippen LogP contribution in [0.5, 0.6) is 0 Å². The van der Waals surface area contributed by atoms with Crippen LogP contribution in [-0.2, 0) is 13.6 Å². The third-order valence-corrected chi connectivity index (χ3v) is 4.70. The minimum absolute atomic E-state index is 0.631. The molecule has 22 heavy (non-hydrogen) atoms. The highest BCUT2D eigenvalue weighted by Crippen LogP contribution is 2.27. The van der Waals surface area contributed by atoms with Crippen molar-refractivity contribution in [3.8, 4) is 0 Å². The first-order valence-electron chi connectivity index (χ1n) is 7.08. The van der Waals surface area contributed by atoms with Crippen LogP contribution in [0.4, 0.5) is 5.82 Å². The molecule has 0 spiro atoms. The maximum atomic E-state index is 4.67. The maximum Gasteiger partial charge on any atom is 0.138 e. The van der Waals surface area contributed by atoms with E-state index in [0.717, 1.165) is 32.9 Å². The van der Waals surface area contributed by atoms with E-state index in [4.69, 9.17) is 0 Å². The van der Waals surface area contributed by atoms with Crippen molar-refractivity contribution in [1.29, 1.82) is 0 Å². The molecule has 0 amide bonds. The number of para-hydroxylation sites is 2. The number of thiophene rings is 1. The van der Waals surface area contributed by atoms with Gasteiger partial charge in [0, 0.05) is 11.9 Å². The third kappa shape index (κ3) is 2.12. The molecule has 4 aromatic rings. The van der Waals surface area contributed by atoms with Crippen molar-refractivity contribution in [2.45, 2.75) is 13.5 Å². The lowest BCUT2D eigenvalue weighted by atomic mass is 10.3. The molecular weight excluding hydrogens is 294 g/mol. The Morgan fingerprint density at radius 3 is 2.95 bits per heavy atom. The zero-order chi connectivity index (χ0) is 15.1. The first-order valence-corrected chi connectivity index (χ1v) is 7.89. The molecule has 5 nitrogen and oxygen atoms in total. The lowest BCUT2D eigenvalue weighted by molar-refractivity contribution is 0.832. The Labute approximate surface area is 131 Å². The number of hydrogen-bond donors (Lipinski definition) is 1. The number of aryl methyl sites for hydroxylation is 2. The van der Waals surface area contributed by atoms with E-state index < -0.39 is 0 Å². The molecule has 0 saturated carbocycles. The van der Waals surface area contributed by atoms with Gasteiger partial charge < -0.3 is 9.88 Å². The average Bonchev–Trinajstić information content (AvgIpc) is 3.05. The number of anilines is 1. The number of nitrogens with zero attached hydrogens (tertiary/aromatic N) is 4. The van der Waals surface area contributed by atoms with E-state index in [2.05, 4.69) is 43.9 Å². The molecule has 0 aliphatic rings. The largest absolute Gasteiger partial charge is 0.362 e. The lowest BCUT2D eigenvalue weighted by Gasteiger charge is -2.06. The van der Waals surface area contributed by atoms with Gasteiger partial charge in [0.15, 0.2) is 0 Å². The Balaban J connectivity index is 1.67. The molecule has 0 fully saturated rings. The van der Waals surface area contributed by atoms with Gasteiger partial charge in [-0.2, -0.15) is 0 Å². The summed E-state index contributed by atoms with van der Waals surface area (Å²) >= 11 is 1.68. The van der Waals surface area contributed by atoms with Gasteiger partial charge in [0.05, 0.1) is 23.0 Å². The minimum atomic E-state index is 0.631. The summed E-state index contributed by atoms with van der Waals surface area (Å²) in [6, 6.07) is 10.3. The molecule has 0 aliphatic heterocycles. The summed E-state index contributed by atoms with van der Waals surface area (Å²) in [4.78, 5) is 15.6. The van der Waals surface area contributed by atoms with Gasteiger partial charge in [-0.3, -0.25) is 0 Å². The maximum absolute atomic E-state index is 4.67. The Kier molecular flexibility index (Phi) is 3.04. The number of rotatable bonds is 3. The number of aromatic nitrogens is 4. The van der Waals surface area contributed by atoms with Crippen LogP contribution in [0.15, 0.2) is 36.7 Å². The van der Waals surface area contributed by atoms with Crippen molar-refractivity contribution in [2.75, 3.05) is 5.32 Å². The second kappa shape index (κ2) is 5.06. The monoisotopic (exact) mass is 309 g/mol. The number of nitrogens with one attached hydrogen (secondary N) is 1. The summed E-state index contributed by atoms with van der Waals surface area (Å²) in [5.41, 5.74) is 2.15. The van der Waals surface area contributed by atoms with Crippen molar-refractivity contribution >= 4 is 38.4 Å². The highest BCUT2D eigenvalue weighted by Gasteiger charge is 2.10. The summed E-state index contributed by atoms with van der Waals surface area (Å²) < 4.78 is 2.11. The number of fused-ring (bicyclic) bond motifs is 2. The molecule has 0 atom stereocenters. The van der Waals surface area contributed by atoms with Crippen LogP contribution in [0.3, 0.4) is 0 Å². The van der Waals surface area contributed by atoms with E-state index in [0.29, 0.717) is 6.54 Å².